The van der Waals surface area contributed by atoms with Gasteiger partial charge in [-0.15, -0.1) is 0 Å². The van der Waals surface area contributed by atoms with Crippen LogP contribution in [0.2, 0.25) is 0 Å². The van der Waals surface area contributed by atoms with Crippen LogP contribution in [-0.4, -0.2) is 26.2 Å². The van der Waals surface area contributed by atoms with Crippen molar-refractivity contribution in [2.45, 2.75) is 40.7 Å². The molecule has 2 heteroatoms. The Morgan fingerprint density at radius 3 is 2.00 bits per heavy atom. The molecule has 0 aromatic carbocycles. The first-order chi connectivity index (χ1) is 6.34. The molecular formula is C12H26N2. The Bertz CT molecular complexity index is 182. The van der Waals surface area contributed by atoms with Gasteiger partial charge in [0.05, 0.1) is 0 Å². The first-order valence-corrected chi connectivity index (χ1v) is 5.72. The lowest BCUT2D eigenvalue weighted by Gasteiger charge is -2.13. The van der Waals surface area contributed by atoms with Gasteiger partial charge in [-0.25, -0.2) is 0 Å². The molecule has 0 aromatic heterocycles. The average Bonchev–Trinajstić information content (AvgIpc) is 2.41. The summed E-state index contributed by atoms with van der Waals surface area (Å²) in [6, 6.07) is 0.576. The topological polar surface area (TPSA) is 24.1 Å². The Kier molecular flexibility index (Phi) is 3.27. The van der Waals surface area contributed by atoms with E-state index in [9.17, 15) is 0 Å². The second kappa shape index (κ2) is 3.82. The SMILES string of the molecule is CNCC(C)NCC1C(C)(C)C1(C)C. The van der Waals surface area contributed by atoms with Gasteiger partial charge in [0.2, 0.25) is 0 Å². The van der Waals surface area contributed by atoms with Gasteiger partial charge < -0.3 is 10.6 Å². The minimum absolute atomic E-state index is 0.513. The summed E-state index contributed by atoms with van der Waals surface area (Å²) in [5, 5.41) is 6.78. The molecule has 84 valence electrons. The second-order valence-corrected chi connectivity index (χ2v) is 5.86. The summed E-state index contributed by atoms with van der Waals surface area (Å²) in [6.45, 7) is 13.9. The molecule has 0 amide bonds. The van der Waals surface area contributed by atoms with Crippen LogP contribution in [0.3, 0.4) is 0 Å². The van der Waals surface area contributed by atoms with Gasteiger partial charge in [-0.3, -0.25) is 0 Å². The van der Waals surface area contributed by atoms with Gasteiger partial charge in [-0.05, 0) is 37.3 Å². The highest BCUT2D eigenvalue weighted by Crippen LogP contribution is 2.67. The summed E-state index contributed by atoms with van der Waals surface area (Å²) in [6.07, 6.45) is 0. The highest BCUT2D eigenvalue weighted by atomic mass is 15.0. The largest absolute Gasteiger partial charge is 0.318 e. The van der Waals surface area contributed by atoms with Crippen LogP contribution in [0.5, 0.6) is 0 Å². The van der Waals surface area contributed by atoms with Gasteiger partial charge in [0.25, 0.3) is 0 Å². The fourth-order valence-electron chi connectivity index (χ4n) is 2.54. The van der Waals surface area contributed by atoms with Crippen LogP contribution in [0.25, 0.3) is 0 Å². The maximum absolute atomic E-state index is 3.59. The normalized spacial score (nSPS) is 26.1. The highest BCUT2D eigenvalue weighted by Gasteiger charge is 2.63. The summed E-state index contributed by atoms with van der Waals surface area (Å²) in [5.74, 6) is 0.828. The Balaban J connectivity index is 2.28. The van der Waals surface area contributed by atoms with Crippen LogP contribution in [0.1, 0.15) is 34.6 Å². The molecular weight excluding hydrogens is 172 g/mol. The van der Waals surface area contributed by atoms with Gasteiger partial charge in [-0.1, -0.05) is 27.7 Å². The van der Waals surface area contributed by atoms with Crippen molar-refractivity contribution in [1.29, 1.82) is 0 Å². The molecule has 0 aliphatic heterocycles. The van der Waals surface area contributed by atoms with E-state index in [1.807, 2.05) is 7.05 Å². The second-order valence-electron chi connectivity index (χ2n) is 5.86. The summed E-state index contributed by atoms with van der Waals surface area (Å²) in [7, 11) is 2.00. The van der Waals surface area contributed by atoms with E-state index < -0.39 is 0 Å². The number of rotatable bonds is 5. The number of nitrogens with one attached hydrogen (secondary N) is 2. The van der Waals surface area contributed by atoms with Crippen LogP contribution in [0.4, 0.5) is 0 Å². The third kappa shape index (κ3) is 1.96. The van der Waals surface area contributed by atoms with E-state index in [0.29, 0.717) is 16.9 Å². The van der Waals surface area contributed by atoms with E-state index in [0.717, 1.165) is 19.0 Å². The Morgan fingerprint density at radius 1 is 1.14 bits per heavy atom. The zero-order chi connectivity index (χ0) is 11.0. The molecule has 1 atom stereocenters. The zero-order valence-electron chi connectivity index (χ0n) is 10.6. The van der Waals surface area contributed by atoms with Crippen LogP contribution in [0, 0.1) is 16.7 Å². The molecule has 2 N–H and O–H groups in total. The first-order valence-electron chi connectivity index (χ1n) is 5.72. The van der Waals surface area contributed by atoms with E-state index in [2.05, 4.69) is 45.3 Å². The van der Waals surface area contributed by atoms with Crippen molar-refractivity contribution in [3.8, 4) is 0 Å². The van der Waals surface area contributed by atoms with Gasteiger partial charge >= 0.3 is 0 Å². The van der Waals surface area contributed by atoms with E-state index in [4.69, 9.17) is 0 Å². The third-order valence-corrected chi connectivity index (χ3v) is 4.50. The summed E-state index contributed by atoms with van der Waals surface area (Å²) < 4.78 is 0. The number of likely N-dealkylation sites (N-methyl/N-ethyl adjacent to an activating group) is 1. The summed E-state index contributed by atoms with van der Waals surface area (Å²) >= 11 is 0. The molecule has 0 heterocycles. The predicted molar refractivity (Wildman–Crippen MR) is 62.4 cm³/mol. The minimum Gasteiger partial charge on any atom is -0.318 e. The van der Waals surface area contributed by atoms with Crippen LogP contribution < -0.4 is 10.6 Å². The molecule has 1 unspecified atom stereocenters. The van der Waals surface area contributed by atoms with E-state index >= 15 is 0 Å². The molecule has 0 bridgehead atoms. The molecule has 1 saturated carbocycles. The van der Waals surface area contributed by atoms with Crippen LogP contribution >= 0.6 is 0 Å². The van der Waals surface area contributed by atoms with Crippen molar-refractivity contribution in [1.82, 2.24) is 10.6 Å². The summed E-state index contributed by atoms with van der Waals surface area (Å²) in [5.41, 5.74) is 1.03. The molecule has 1 aliphatic carbocycles. The standard InChI is InChI=1S/C12H26N2/c1-9(7-13-6)14-8-10-11(2,3)12(10,4)5/h9-10,13-14H,7-8H2,1-6H3. The predicted octanol–water partition coefficient (Wildman–Crippen LogP) is 1.87. The zero-order valence-corrected chi connectivity index (χ0v) is 10.6. The molecule has 0 aromatic rings. The van der Waals surface area contributed by atoms with Gasteiger partial charge in [0.1, 0.15) is 0 Å². The quantitative estimate of drug-likeness (QED) is 0.704. The molecule has 2 nitrogen and oxygen atoms in total. The molecule has 0 spiro atoms. The molecule has 1 rings (SSSR count). The molecule has 0 radical (unpaired) electrons. The van der Waals surface area contributed by atoms with Crippen LogP contribution in [0.15, 0.2) is 0 Å². The van der Waals surface area contributed by atoms with E-state index in [1.165, 1.54) is 0 Å². The fraction of sp³-hybridized carbons (Fsp3) is 1.00. The average molecular weight is 198 g/mol. The smallest absolute Gasteiger partial charge is 0.0164 e. The monoisotopic (exact) mass is 198 g/mol. The number of hydrogen-bond donors (Lipinski definition) is 2. The third-order valence-electron chi connectivity index (χ3n) is 4.50. The van der Waals surface area contributed by atoms with Crippen molar-refractivity contribution in [2.75, 3.05) is 20.1 Å². The lowest BCUT2D eigenvalue weighted by atomic mass is 10.0. The first kappa shape index (κ1) is 12.0. The maximum atomic E-state index is 3.59. The maximum Gasteiger partial charge on any atom is 0.0164 e. The fourth-order valence-corrected chi connectivity index (χ4v) is 2.54. The van der Waals surface area contributed by atoms with Crippen molar-refractivity contribution < 1.29 is 0 Å². The summed E-state index contributed by atoms with van der Waals surface area (Å²) in [4.78, 5) is 0. The Morgan fingerprint density at radius 2 is 1.64 bits per heavy atom. The minimum atomic E-state index is 0.513. The molecule has 14 heavy (non-hydrogen) atoms. The van der Waals surface area contributed by atoms with Crippen molar-refractivity contribution >= 4 is 0 Å². The molecule has 0 saturated heterocycles. The van der Waals surface area contributed by atoms with Gasteiger partial charge in [-0.2, -0.15) is 0 Å². The van der Waals surface area contributed by atoms with Crippen molar-refractivity contribution in [2.24, 2.45) is 16.7 Å². The van der Waals surface area contributed by atoms with Crippen LogP contribution in [-0.2, 0) is 0 Å². The Hall–Kier alpha value is -0.0800. The van der Waals surface area contributed by atoms with Crippen molar-refractivity contribution in [3.05, 3.63) is 0 Å². The molecule has 1 fully saturated rings. The number of hydrogen-bond acceptors (Lipinski definition) is 2. The van der Waals surface area contributed by atoms with Gasteiger partial charge in [0, 0.05) is 12.6 Å². The highest BCUT2D eigenvalue weighted by molar-refractivity contribution is 5.12. The van der Waals surface area contributed by atoms with E-state index in [-0.39, 0.29) is 0 Å². The van der Waals surface area contributed by atoms with Crippen molar-refractivity contribution in [3.63, 3.8) is 0 Å². The Labute approximate surface area is 88.8 Å². The molecule has 1 aliphatic rings. The lowest BCUT2D eigenvalue weighted by Crippen LogP contribution is -2.36. The van der Waals surface area contributed by atoms with E-state index in [1.54, 1.807) is 0 Å². The lowest BCUT2D eigenvalue weighted by molar-refractivity contribution is 0.457. The van der Waals surface area contributed by atoms with Gasteiger partial charge in [0.15, 0.2) is 0 Å².